The summed E-state index contributed by atoms with van der Waals surface area (Å²) in [5.74, 6) is 0.0916. The largest absolute Gasteiger partial charge is 0.308 e. The van der Waals surface area contributed by atoms with Crippen LogP contribution in [0.25, 0.3) is 0 Å². The Labute approximate surface area is 141 Å². The molecule has 0 N–H and O–H groups in total. The molecule has 0 fully saturated rings. The first kappa shape index (κ1) is 15.9. The van der Waals surface area contributed by atoms with E-state index in [-0.39, 0.29) is 5.91 Å². The van der Waals surface area contributed by atoms with E-state index < -0.39 is 0 Å². The van der Waals surface area contributed by atoms with Gasteiger partial charge < -0.3 is 4.90 Å². The molecule has 0 aliphatic heterocycles. The molecular formula is C20H19N3O. The Morgan fingerprint density at radius 2 is 1.46 bits per heavy atom. The number of carbonyl (C=O) groups is 1. The number of para-hydroxylation sites is 1. The van der Waals surface area contributed by atoms with Crippen molar-refractivity contribution in [2.45, 2.75) is 19.4 Å². The second kappa shape index (κ2) is 8.02. The van der Waals surface area contributed by atoms with Gasteiger partial charge in [0.05, 0.1) is 6.54 Å². The minimum absolute atomic E-state index is 0.0916. The van der Waals surface area contributed by atoms with Crippen molar-refractivity contribution in [3.8, 4) is 0 Å². The molecule has 4 heteroatoms. The number of nitrogens with zero attached hydrogens (tertiary/aromatic N) is 3. The van der Waals surface area contributed by atoms with E-state index in [9.17, 15) is 4.79 Å². The molecule has 2 aromatic carbocycles. The van der Waals surface area contributed by atoms with Gasteiger partial charge in [-0.3, -0.25) is 4.79 Å². The average molecular weight is 317 g/mol. The molecule has 0 aliphatic carbocycles. The molecule has 0 aliphatic rings. The molecule has 3 rings (SSSR count). The third-order valence-corrected chi connectivity index (χ3v) is 3.79. The lowest BCUT2D eigenvalue weighted by molar-refractivity contribution is -0.118. The lowest BCUT2D eigenvalue weighted by atomic mass is 10.1. The quantitative estimate of drug-likeness (QED) is 0.697. The zero-order valence-corrected chi connectivity index (χ0v) is 13.4. The number of aromatic nitrogens is 2. The summed E-state index contributed by atoms with van der Waals surface area (Å²) in [6.45, 7) is 0.564. The summed E-state index contributed by atoms with van der Waals surface area (Å²) in [7, 11) is 0. The van der Waals surface area contributed by atoms with Gasteiger partial charge in [-0.1, -0.05) is 48.5 Å². The molecule has 3 aromatic rings. The van der Waals surface area contributed by atoms with Crippen LogP contribution in [0.5, 0.6) is 0 Å². The molecular weight excluding hydrogens is 298 g/mol. The highest BCUT2D eigenvalue weighted by Crippen LogP contribution is 2.18. The van der Waals surface area contributed by atoms with Crippen LogP contribution >= 0.6 is 0 Å². The topological polar surface area (TPSA) is 46.1 Å². The highest BCUT2D eigenvalue weighted by Gasteiger charge is 2.16. The van der Waals surface area contributed by atoms with Crippen LogP contribution in [-0.4, -0.2) is 15.9 Å². The smallest absolute Gasteiger partial charge is 0.227 e. The molecule has 1 amide bonds. The minimum atomic E-state index is 0.0916. The van der Waals surface area contributed by atoms with Gasteiger partial charge in [-0.2, -0.15) is 0 Å². The zero-order valence-electron chi connectivity index (χ0n) is 13.4. The molecule has 0 radical (unpaired) electrons. The van der Waals surface area contributed by atoms with Crippen LogP contribution in [0.1, 0.15) is 17.5 Å². The van der Waals surface area contributed by atoms with Crippen LogP contribution in [0.15, 0.2) is 79.4 Å². The SMILES string of the molecule is O=C(CCc1cncnc1)N(Cc1ccccc1)c1ccccc1. The monoisotopic (exact) mass is 317 g/mol. The van der Waals surface area contributed by atoms with E-state index in [1.807, 2.05) is 65.6 Å². The van der Waals surface area contributed by atoms with Crippen molar-refractivity contribution in [2.75, 3.05) is 4.90 Å². The first-order valence-corrected chi connectivity index (χ1v) is 7.96. The molecule has 1 aromatic heterocycles. The molecule has 0 spiro atoms. The highest BCUT2D eigenvalue weighted by molar-refractivity contribution is 5.93. The maximum Gasteiger partial charge on any atom is 0.227 e. The molecule has 0 saturated carbocycles. The standard InChI is InChI=1S/C20H19N3O/c24-20(12-11-18-13-21-16-22-14-18)23(19-9-5-2-6-10-19)15-17-7-3-1-4-8-17/h1-10,13-14,16H,11-12,15H2. The molecule has 0 bridgehead atoms. The van der Waals surface area contributed by atoms with E-state index in [0.29, 0.717) is 19.4 Å². The summed E-state index contributed by atoms with van der Waals surface area (Å²) in [6.07, 6.45) is 6.07. The summed E-state index contributed by atoms with van der Waals surface area (Å²) >= 11 is 0. The van der Waals surface area contributed by atoms with Gasteiger partial charge in [-0.05, 0) is 29.7 Å². The van der Waals surface area contributed by atoms with Crippen LogP contribution in [0.4, 0.5) is 5.69 Å². The zero-order chi connectivity index (χ0) is 16.6. The highest BCUT2D eigenvalue weighted by atomic mass is 16.2. The van der Waals surface area contributed by atoms with Gasteiger partial charge in [-0.15, -0.1) is 0 Å². The van der Waals surface area contributed by atoms with Crippen LogP contribution in [0.2, 0.25) is 0 Å². The van der Waals surface area contributed by atoms with Gasteiger partial charge in [0.25, 0.3) is 0 Å². The number of aryl methyl sites for hydroxylation is 1. The van der Waals surface area contributed by atoms with Gasteiger partial charge in [0.2, 0.25) is 5.91 Å². The number of rotatable bonds is 6. The number of benzene rings is 2. The van der Waals surface area contributed by atoms with Crippen molar-refractivity contribution >= 4 is 11.6 Å². The van der Waals surface area contributed by atoms with Crippen LogP contribution in [-0.2, 0) is 17.8 Å². The third-order valence-electron chi connectivity index (χ3n) is 3.79. The number of hydrogen-bond acceptors (Lipinski definition) is 3. The fraction of sp³-hybridized carbons (Fsp3) is 0.150. The summed E-state index contributed by atoms with van der Waals surface area (Å²) in [4.78, 5) is 22.6. The Morgan fingerprint density at radius 3 is 2.12 bits per heavy atom. The van der Waals surface area contributed by atoms with E-state index in [1.54, 1.807) is 12.4 Å². The van der Waals surface area contributed by atoms with E-state index in [2.05, 4.69) is 9.97 Å². The minimum Gasteiger partial charge on any atom is -0.308 e. The van der Waals surface area contributed by atoms with Crippen molar-refractivity contribution in [1.82, 2.24) is 9.97 Å². The fourth-order valence-electron chi connectivity index (χ4n) is 2.54. The van der Waals surface area contributed by atoms with E-state index in [4.69, 9.17) is 0 Å². The predicted molar refractivity (Wildman–Crippen MR) is 94.4 cm³/mol. The van der Waals surface area contributed by atoms with Crippen LogP contribution < -0.4 is 4.90 Å². The van der Waals surface area contributed by atoms with Crippen molar-refractivity contribution in [3.63, 3.8) is 0 Å². The van der Waals surface area contributed by atoms with Gasteiger partial charge in [0, 0.05) is 24.5 Å². The maximum atomic E-state index is 12.8. The molecule has 0 atom stereocenters. The lowest BCUT2D eigenvalue weighted by Gasteiger charge is -2.23. The third kappa shape index (κ3) is 4.26. The van der Waals surface area contributed by atoms with Crippen molar-refractivity contribution < 1.29 is 4.79 Å². The Hall–Kier alpha value is -3.01. The molecule has 1 heterocycles. The molecule has 4 nitrogen and oxygen atoms in total. The van der Waals surface area contributed by atoms with Crippen molar-refractivity contribution in [3.05, 3.63) is 90.5 Å². The van der Waals surface area contributed by atoms with Gasteiger partial charge in [0.15, 0.2) is 0 Å². The fourth-order valence-corrected chi connectivity index (χ4v) is 2.54. The number of hydrogen-bond donors (Lipinski definition) is 0. The second-order valence-electron chi connectivity index (χ2n) is 5.55. The second-order valence-corrected chi connectivity index (χ2v) is 5.55. The number of amides is 1. The number of anilines is 1. The van der Waals surface area contributed by atoms with E-state index in [0.717, 1.165) is 16.8 Å². The Kier molecular flexibility index (Phi) is 5.30. The van der Waals surface area contributed by atoms with Gasteiger partial charge >= 0.3 is 0 Å². The summed E-state index contributed by atoms with van der Waals surface area (Å²) in [5.41, 5.74) is 2.99. The van der Waals surface area contributed by atoms with Gasteiger partial charge in [0.1, 0.15) is 6.33 Å². The Balaban J connectivity index is 1.75. The lowest BCUT2D eigenvalue weighted by Crippen LogP contribution is -2.30. The molecule has 24 heavy (non-hydrogen) atoms. The average Bonchev–Trinajstić information content (AvgIpc) is 2.66. The maximum absolute atomic E-state index is 12.8. The molecule has 0 saturated heterocycles. The van der Waals surface area contributed by atoms with Crippen molar-refractivity contribution in [2.24, 2.45) is 0 Å². The van der Waals surface area contributed by atoms with Gasteiger partial charge in [-0.25, -0.2) is 9.97 Å². The predicted octanol–water partition coefficient (Wildman–Crippen LogP) is 3.64. The summed E-state index contributed by atoms with van der Waals surface area (Å²) in [6, 6.07) is 19.8. The first-order chi connectivity index (χ1) is 11.8. The normalized spacial score (nSPS) is 10.3. The van der Waals surface area contributed by atoms with E-state index >= 15 is 0 Å². The van der Waals surface area contributed by atoms with E-state index in [1.165, 1.54) is 6.33 Å². The Morgan fingerprint density at radius 1 is 0.833 bits per heavy atom. The number of carbonyl (C=O) groups excluding carboxylic acids is 1. The Bertz CT molecular complexity index is 761. The first-order valence-electron chi connectivity index (χ1n) is 7.96. The summed E-state index contributed by atoms with van der Waals surface area (Å²) in [5, 5.41) is 0. The molecule has 0 unspecified atom stereocenters. The van der Waals surface area contributed by atoms with Crippen molar-refractivity contribution in [1.29, 1.82) is 0 Å². The molecule has 120 valence electrons. The van der Waals surface area contributed by atoms with Crippen LogP contribution in [0, 0.1) is 0 Å². The summed E-state index contributed by atoms with van der Waals surface area (Å²) < 4.78 is 0. The van der Waals surface area contributed by atoms with Crippen LogP contribution in [0.3, 0.4) is 0 Å².